The molecule has 7 heteroatoms. The van der Waals surface area contributed by atoms with Crippen molar-refractivity contribution in [1.29, 1.82) is 0 Å². The molecule has 0 saturated heterocycles. The van der Waals surface area contributed by atoms with Gasteiger partial charge in [0.2, 0.25) is 0 Å². The molecule has 1 aromatic heterocycles. The second kappa shape index (κ2) is 7.12. The van der Waals surface area contributed by atoms with E-state index in [9.17, 15) is 5.11 Å². The lowest BCUT2D eigenvalue weighted by molar-refractivity contribution is 0.476. The van der Waals surface area contributed by atoms with Crippen LogP contribution < -0.4 is 4.90 Å². The Morgan fingerprint density at radius 2 is 1.81 bits per heavy atom. The molecule has 1 N–H and O–H groups in total. The number of azo groups is 1. The Hall–Kier alpha value is -2.02. The van der Waals surface area contributed by atoms with Crippen LogP contribution in [0.15, 0.2) is 45.3 Å². The van der Waals surface area contributed by atoms with Crippen molar-refractivity contribution in [3.05, 3.63) is 35.1 Å². The third-order valence-electron chi connectivity index (χ3n) is 2.94. The number of aromatic nitrogens is 2. The van der Waals surface area contributed by atoms with Crippen LogP contribution in [0.1, 0.15) is 13.8 Å². The van der Waals surface area contributed by atoms with Gasteiger partial charge in [-0.2, -0.15) is 0 Å². The summed E-state index contributed by atoms with van der Waals surface area (Å²) >= 11 is 3.25. The van der Waals surface area contributed by atoms with E-state index in [0.29, 0.717) is 5.69 Å². The average Bonchev–Trinajstić information content (AvgIpc) is 2.49. The van der Waals surface area contributed by atoms with Gasteiger partial charge in [-0.15, -0.1) is 10.2 Å². The smallest absolute Gasteiger partial charge is 0.268 e. The van der Waals surface area contributed by atoms with E-state index in [1.807, 2.05) is 6.07 Å². The minimum atomic E-state index is 0.0836. The van der Waals surface area contributed by atoms with Crippen LogP contribution in [0.4, 0.5) is 17.3 Å². The molecule has 1 heterocycles. The standard InChI is InChI=1S/C14H16BrN5O/c1-3-20(4-2)11-5-6-12(13(21)7-11)18-19-14-16-8-10(15)9-17-14/h5-9,21H,3-4H2,1-2H3. The molecule has 21 heavy (non-hydrogen) atoms. The first kappa shape index (κ1) is 15.4. The molecule has 0 spiro atoms. The van der Waals surface area contributed by atoms with Crippen molar-refractivity contribution in [2.24, 2.45) is 10.2 Å². The summed E-state index contributed by atoms with van der Waals surface area (Å²) in [6.07, 6.45) is 3.18. The van der Waals surface area contributed by atoms with Gasteiger partial charge in [-0.3, -0.25) is 0 Å². The molecule has 0 aliphatic rings. The number of rotatable bonds is 5. The van der Waals surface area contributed by atoms with E-state index in [2.05, 4.69) is 54.9 Å². The van der Waals surface area contributed by atoms with Crippen LogP contribution in [0.25, 0.3) is 0 Å². The molecule has 2 aromatic rings. The Morgan fingerprint density at radius 3 is 2.38 bits per heavy atom. The van der Waals surface area contributed by atoms with Crippen LogP contribution in [0.5, 0.6) is 5.75 Å². The molecule has 0 bridgehead atoms. The van der Waals surface area contributed by atoms with E-state index in [4.69, 9.17) is 0 Å². The average molecular weight is 350 g/mol. The molecule has 0 saturated carbocycles. The summed E-state index contributed by atoms with van der Waals surface area (Å²) in [7, 11) is 0. The summed E-state index contributed by atoms with van der Waals surface area (Å²) < 4.78 is 0.771. The first-order valence-corrected chi connectivity index (χ1v) is 7.40. The van der Waals surface area contributed by atoms with Gasteiger partial charge in [-0.05, 0) is 41.9 Å². The maximum Gasteiger partial charge on any atom is 0.268 e. The predicted octanol–water partition coefficient (Wildman–Crippen LogP) is 4.21. The summed E-state index contributed by atoms with van der Waals surface area (Å²) in [6.45, 7) is 5.89. The first-order chi connectivity index (χ1) is 10.1. The lowest BCUT2D eigenvalue weighted by atomic mass is 10.2. The minimum absolute atomic E-state index is 0.0836. The van der Waals surface area contributed by atoms with Crippen LogP contribution in [0.2, 0.25) is 0 Å². The molecule has 0 aliphatic heterocycles. The van der Waals surface area contributed by atoms with Crippen molar-refractivity contribution in [3.63, 3.8) is 0 Å². The highest BCUT2D eigenvalue weighted by Gasteiger charge is 2.06. The third kappa shape index (κ3) is 3.98. The number of anilines is 1. The fourth-order valence-corrected chi connectivity index (χ4v) is 2.04. The number of hydrogen-bond acceptors (Lipinski definition) is 6. The van der Waals surface area contributed by atoms with Gasteiger partial charge in [-0.25, -0.2) is 9.97 Å². The van der Waals surface area contributed by atoms with Crippen LogP contribution in [-0.4, -0.2) is 28.2 Å². The van der Waals surface area contributed by atoms with E-state index in [1.54, 1.807) is 24.5 Å². The first-order valence-electron chi connectivity index (χ1n) is 6.61. The number of phenolic OH excluding ortho intramolecular Hbond substituents is 1. The zero-order valence-corrected chi connectivity index (χ0v) is 13.4. The largest absolute Gasteiger partial charge is 0.506 e. The lowest BCUT2D eigenvalue weighted by Gasteiger charge is -2.21. The molecule has 0 atom stereocenters. The molecule has 110 valence electrons. The van der Waals surface area contributed by atoms with Gasteiger partial charge in [-0.1, -0.05) is 0 Å². The Balaban J connectivity index is 2.19. The molecule has 0 radical (unpaired) electrons. The third-order valence-corrected chi connectivity index (χ3v) is 3.35. The number of benzene rings is 1. The molecule has 0 unspecified atom stereocenters. The maximum atomic E-state index is 10.0. The molecule has 0 fully saturated rings. The molecule has 1 aromatic carbocycles. The van der Waals surface area contributed by atoms with E-state index in [-0.39, 0.29) is 11.7 Å². The maximum absolute atomic E-state index is 10.0. The molecular weight excluding hydrogens is 334 g/mol. The summed E-state index contributed by atoms with van der Waals surface area (Å²) in [6, 6.07) is 5.32. The van der Waals surface area contributed by atoms with Gasteiger partial charge in [0.05, 0.1) is 4.47 Å². The van der Waals surface area contributed by atoms with Crippen molar-refractivity contribution in [2.75, 3.05) is 18.0 Å². The molecule has 2 rings (SSSR count). The van der Waals surface area contributed by atoms with Crippen molar-refractivity contribution in [2.45, 2.75) is 13.8 Å². The van der Waals surface area contributed by atoms with Crippen molar-refractivity contribution in [1.82, 2.24) is 9.97 Å². The normalized spacial score (nSPS) is 11.0. The highest BCUT2D eigenvalue weighted by molar-refractivity contribution is 9.10. The van der Waals surface area contributed by atoms with Gasteiger partial charge >= 0.3 is 0 Å². The predicted molar refractivity (Wildman–Crippen MR) is 85.6 cm³/mol. The van der Waals surface area contributed by atoms with Crippen LogP contribution in [0.3, 0.4) is 0 Å². The van der Waals surface area contributed by atoms with E-state index < -0.39 is 0 Å². The fourth-order valence-electron chi connectivity index (χ4n) is 1.84. The topological polar surface area (TPSA) is 74.0 Å². The van der Waals surface area contributed by atoms with Gasteiger partial charge in [0.15, 0.2) is 0 Å². The zero-order chi connectivity index (χ0) is 15.2. The fraction of sp³-hybridized carbons (Fsp3) is 0.286. The lowest BCUT2D eigenvalue weighted by Crippen LogP contribution is -2.21. The Kier molecular flexibility index (Phi) is 5.21. The van der Waals surface area contributed by atoms with Crippen molar-refractivity contribution < 1.29 is 5.11 Å². The summed E-state index contributed by atoms with van der Waals surface area (Å²) in [5, 5.41) is 17.9. The van der Waals surface area contributed by atoms with Gasteiger partial charge in [0.1, 0.15) is 11.4 Å². The highest BCUT2D eigenvalue weighted by atomic mass is 79.9. The zero-order valence-electron chi connectivity index (χ0n) is 11.9. The van der Waals surface area contributed by atoms with E-state index in [0.717, 1.165) is 23.2 Å². The summed E-state index contributed by atoms with van der Waals surface area (Å²) in [5.74, 6) is 0.325. The summed E-state index contributed by atoms with van der Waals surface area (Å²) in [5.41, 5.74) is 1.34. The molecule has 0 amide bonds. The quantitative estimate of drug-likeness (QED) is 0.820. The minimum Gasteiger partial charge on any atom is -0.506 e. The molecule has 6 nitrogen and oxygen atoms in total. The van der Waals surface area contributed by atoms with Gasteiger partial charge in [0.25, 0.3) is 5.95 Å². The second-order valence-corrected chi connectivity index (χ2v) is 5.16. The Labute approximate surface area is 131 Å². The number of aromatic hydroxyl groups is 1. The highest BCUT2D eigenvalue weighted by Crippen LogP contribution is 2.31. The SMILES string of the molecule is CCN(CC)c1ccc(N=Nc2ncc(Br)cn2)c(O)c1. The van der Waals surface area contributed by atoms with Gasteiger partial charge < -0.3 is 10.0 Å². The van der Waals surface area contributed by atoms with E-state index >= 15 is 0 Å². The number of halogens is 1. The van der Waals surface area contributed by atoms with Crippen molar-refractivity contribution in [3.8, 4) is 5.75 Å². The van der Waals surface area contributed by atoms with Crippen LogP contribution >= 0.6 is 15.9 Å². The second-order valence-electron chi connectivity index (χ2n) is 4.25. The Bertz CT molecular complexity index is 626. The van der Waals surface area contributed by atoms with Crippen molar-refractivity contribution >= 4 is 33.3 Å². The Morgan fingerprint density at radius 1 is 1.14 bits per heavy atom. The van der Waals surface area contributed by atoms with Crippen LogP contribution in [0, 0.1) is 0 Å². The van der Waals surface area contributed by atoms with Gasteiger partial charge in [0, 0.05) is 37.2 Å². The molecule has 0 aliphatic carbocycles. The van der Waals surface area contributed by atoms with Crippen LogP contribution in [-0.2, 0) is 0 Å². The summed E-state index contributed by atoms with van der Waals surface area (Å²) in [4.78, 5) is 10.1. The number of phenols is 1. The number of hydrogen-bond donors (Lipinski definition) is 1. The molecular formula is C14H16BrN5O. The van der Waals surface area contributed by atoms with E-state index in [1.165, 1.54) is 0 Å². The number of nitrogens with zero attached hydrogens (tertiary/aromatic N) is 5. The monoisotopic (exact) mass is 349 g/mol.